The summed E-state index contributed by atoms with van der Waals surface area (Å²) in [6, 6.07) is 5.12. The largest absolute Gasteiger partial charge is 0.497 e. The minimum Gasteiger partial charge on any atom is -0.497 e. The van der Waals surface area contributed by atoms with E-state index >= 15 is 0 Å². The maximum Gasteiger partial charge on any atom is 0.291 e. The molecule has 0 amide bonds. The van der Waals surface area contributed by atoms with Gasteiger partial charge in [0.1, 0.15) is 11.3 Å². The molecular formula is C19H12F5N3O2. The summed E-state index contributed by atoms with van der Waals surface area (Å²) in [5.74, 6) is -9.87. The molecular weight excluding hydrogens is 397 g/mol. The van der Waals surface area contributed by atoms with Crippen LogP contribution in [0.5, 0.6) is 5.75 Å². The highest BCUT2D eigenvalue weighted by molar-refractivity contribution is 6.07. The maximum atomic E-state index is 14.0. The number of rotatable bonds is 3. The number of aryl methyl sites for hydroxylation is 1. The fourth-order valence-electron chi connectivity index (χ4n) is 3.32. The molecule has 0 bridgehead atoms. The van der Waals surface area contributed by atoms with Gasteiger partial charge in [0, 0.05) is 23.3 Å². The summed E-state index contributed by atoms with van der Waals surface area (Å²) in [5.41, 5.74) is -1.05. The van der Waals surface area contributed by atoms with Gasteiger partial charge in [0.25, 0.3) is 5.56 Å². The molecule has 2 heterocycles. The number of hydrogen-bond donors (Lipinski definition) is 0. The molecule has 0 aliphatic rings. The van der Waals surface area contributed by atoms with Crippen LogP contribution >= 0.6 is 0 Å². The molecule has 0 spiro atoms. The monoisotopic (exact) mass is 409 g/mol. The molecule has 0 aliphatic heterocycles. The first-order chi connectivity index (χ1) is 13.8. The van der Waals surface area contributed by atoms with E-state index in [1.54, 1.807) is 29.8 Å². The molecule has 0 N–H and O–H groups in total. The van der Waals surface area contributed by atoms with E-state index in [-0.39, 0.29) is 5.52 Å². The fraction of sp³-hybridized carbons (Fsp3) is 0.158. The third-order valence-corrected chi connectivity index (χ3v) is 4.82. The maximum absolute atomic E-state index is 14.0. The summed E-state index contributed by atoms with van der Waals surface area (Å²) in [6.07, 6.45) is 1.30. The summed E-state index contributed by atoms with van der Waals surface area (Å²) in [7, 11) is 3.10. The van der Waals surface area contributed by atoms with Crippen molar-refractivity contribution in [2.24, 2.45) is 7.05 Å². The number of benzene rings is 2. The van der Waals surface area contributed by atoms with Crippen LogP contribution in [0.4, 0.5) is 22.0 Å². The van der Waals surface area contributed by atoms with Crippen LogP contribution in [-0.4, -0.2) is 21.5 Å². The number of ether oxygens (including phenoxy) is 1. The standard InChI is InChI=1S/C19H12F5N3O2/c1-26-12-4-3-8(29-2)5-9(12)10-6-25-27(19(28)18(10)26)7-11-13(20)15(22)17(24)16(23)14(11)21/h3-6H,7H2,1-2H3. The molecule has 2 aromatic carbocycles. The minimum atomic E-state index is -2.26. The van der Waals surface area contributed by atoms with Crippen LogP contribution < -0.4 is 10.3 Å². The average molecular weight is 409 g/mol. The van der Waals surface area contributed by atoms with Crippen molar-refractivity contribution < 1.29 is 26.7 Å². The molecule has 150 valence electrons. The number of fused-ring (bicyclic) bond motifs is 3. The van der Waals surface area contributed by atoms with Gasteiger partial charge >= 0.3 is 0 Å². The number of hydrogen-bond acceptors (Lipinski definition) is 3. The van der Waals surface area contributed by atoms with Crippen molar-refractivity contribution in [1.82, 2.24) is 14.3 Å². The van der Waals surface area contributed by atoms with Crippen molar-refractivity contribution in [2.75, 3.05) is 7.11 Å². The van der Waals surface area contributed by atoms with E-state index in [4.69, 9.17) is 4.74 Å². The number of methoxy groups -OCH3 is 1. The zero-order valence-electron chi connectivity index (χ0n) is 15.1. The van der Waals surface area contributed by atoms with E-state index in [9.17, 15) is 26.7 Å². The van der Waals surface area contributed by atoms with Crippen LogP contribution in [0.2, 0.25) is 0 Å². The Hall–Kier alpha value is -3.43. The van der Waals surface area contributed by atoms with Gasteiger partial charge in [-0.25, -0.2) is 26.6 Å². The lowest BCUT2D eigenvalue weighted by Crippen LogP contribution is -2.26. The van der Waals surface area contributed by atoms with Gasteiger partial charge in [0.2, 0.25) is 5.82 Å². The van der Waals surface area contributed by atoms with E-state index < -0.39 is 46.8 Å². The van der Waals surface area contributed by atoms with E-state index in [1.165, 1.54) is 13.3 Å². The lowest BCUT2D eigenvalue weighted by atomic mass is 10.1. The van der Waals surface area contributed by atoms with Crippen LogP contribution in [0.25, 0.3) is 21.8 Å². The van der Waals surface area contributed by atoms with Crippen molar-refractivity contribution >= 4 is 21.8 Å². The van der Waals surface area contributed by atoms with Crippen LogP contribution in [0, 0.1) is 29.1 Å². The van der Waals surface area contributed by atoms with Gasteiger partial charge in [-0.3, -0.25) is 4.79 Å². The lowest BCUT2D eigenvalue weighted by Gasteiger charge is -2.10. The van der Waals surface area contributed by atoms with Crippen LogP contribution in [0.15, 0.2) is 29.2 Å². The molecule has 0 aliphatic carbocycles. The summed E-state index contributed by atoms with van der Waals surface area (Å²) < 4.78 is 75.5. The van der Waals surface area contributed by atoms with Gasteiger partial charge in [-0.05, 0) is 18.2 Å². The molecule has 0 saturated carbocycles. The Morgan fingerprint density at radius 2 is 1.59 bits per heavy atom. The van der Waals surface area contributed by atoms with Crippen LogP contribution in [0.1, 0.15) is 5.56 Å². The highest BCUT2D eigenvalue weighted by Crippen LogP contribution is 2.29. The summed E-state index contributed by atoms with van der Waals surface area (Å²) in [4.78, 5) is 12.9. The number of halogens is 5. The van der Waals surface area contributed by atoms with Crippen molar-refractivity contribution in [2.45, 2.75) is 6.54 Å². The first kappa shape index (κ1) is 18.9. The second-order valence-electron chi connectivity index (χ2n) is 6.36. The summed E-state index contributed by atoms with van der Waals surface area (Å²) in [5, 5.41) is 4.98. The zero-order chi connectivity index (χ0) is 21.0. The Labute approximate surface area is 159 Å². The van der Waals surface area contributed by atoms with Gasteiger partial charge in [0.05, 0.1) is 25.4 Å². The smallest absolute Gasteiger partial charge is 0.291 e. The van der Waals surface area contributed by atoms with Gasteiger partial charge in [-0.2, -0.15) is 5.10 Å². The molecule has 29 heavy (non-hydrogen) atoms. The first-order valence-electron chi connectivity index (χ1n) is 8.28. The van der Waals surface area contributed by atoms with Gasteiger partial charge in [-0.1, -0.05) is 0 Å². The molecule has 4 rings (SSSR count). The van der Waals surface area contributed by atoms with E-state index in [2.05, 4.69) is 5.10 Å². The Kier molecular flexibility index (Phi) is 4.29. The third-order valence-electron chi connectivity index (χ3n) is 4.82. The Morgan fingerprint density at radius 3 is 2.21 bits per heavy atom. The lowest BCUT2D eigenvalue weighted by molar-refractivity contribution is 0.366. The van der Waals surface area contributed by atoms with E-state index in [0.29, 0.717) is 26.7 Å². The third kappa shape index (κ3) is 2.66. The minimum absolute atomic E-state index is 0.159. The van der Waals surface area contributed by atoms with Gasteiger partial charge in [0.15, 0.2) is 23.3 Å². The Morgan fingerprint density at radius 1 is 0.966 bits per heavy atom. The second-order valence-corrected chi connectivity index (χ2v) is 6.36. The summed E-state index contributed by atoms with van der Waals surface area (Å²) in [6.45, 7) is -0.925. The van der Waals surface area contributed by atoms with Gasteiger partial charge in [-0.15, -0.1) is 0 Å². The molecule has 10 heteroatoms. The van der Waals surface area contributed by atoms with Crippen molar-refractivity contribution in [3.63, 3.8) is 0 Å². The molecule has 0 unspecified atom stereocenters. The normalized spacial score (nSPS) is 11.6. The summed E-state index contributed by atoms with van der Waals surface area (Å²) >= 11 is 0. The van der Waals surface area contributed by atoms with Crippen molar-refractivity contribution in [3.8, 4) is 5.75 Å². The number of nitrogens with zero attached hydrogens (tertiary/aromatic N) is 3. The van der Waals surface area contributed by atoms with E-state index in [1.807, 2.05) is 0 Å². The average Bonchev–Trinajstić information content (AvgIpc) is 3.01. The highest BCUT2D eigenvalue weighted by Gasteiger charge is 2.26. The molecule has 0 atom stereocenters. The quantitative estimate of drug-likeness (QED) is 0.295. The van der Waals surface area contributed by atoms with Crippen molar-refractivity contribution in [3.05, 3.63) is 69.4 Å². The first-order valence-corrected chi connectivity index (χ1v) is 8.28. The predicted molar refractivity (Wildman–Crippen MR) is 94.4 cm³/mol. The molecule has 2 aromatic heterocycles. The topological polar surface area (TPSA) is 49.1 Å². The molecule has 0 radical (unpaired) electrons. The second kappa shape index (κ2) is 6.57. The number of aromatic nitrogens is 3. The Bertz CT molecular complexity index is 1330. The molecule has 4 aromatic rings. The SMILES string of the molecule is COc1ccc2c(c1)c1cnn(Cc3c(F)c(F)c(F)c(F)c3F)c(=O)c1n2C. The van der Waals surface area contributed by atoms with Crippen LogP contribution in [0.3, 0.4) is 0 Å². The predicted octanol–water partition coefficient (Wildman–Crippen LogP) is 3.64. The highest BCUT2D eigenvalue weighted by atomic mass is 19.2. The molecule has 0 fully saturated rings. The van der Waals surface area contributed by atoms with E-state index in [0.717, 1.165) is 0 Å². The zero-order valence-corrected chi connectivity index (χ0v) is 15.1. The van der Waals surface area contributed by atoms with Crippen LogP contribution in [-0.2, 0) is 13.6 Å². The molecule has 5 nitrogen and oxygen atoms in total. The van der Waals surface area contributed by atoms with Crippen molar-refractivity contribution in [1.29, 1.82) is 0 Å². The Balaban J connectivity index is 1.94. The molecule has 0 saturated heterocycles. The fourth-order valence-corrected chi connectivity index (χ4v) is 3.32. The van der Waals surface area contributed by atoms with Gasteiger partial charge < -0.3 is 9.30 Å².